The van der Waals surface area contributed by atoms with Crippen LogP contribution in [0.25, 0.3) is 11.1 Å². The molecule has 4 amide bonds. The molecule has 0 unspecified atom stereocenters. The number of carbonyl (C=O) groups excluding carboxylic acids is 4. The molecule has 1 aliphatic heterocycles. The fourth-order valence-corrected chi connectivity index (χ4v) is 6.42. The zero-order chi connectivity index (χ0) is 26.4. The summed E-state index contributed by atoms with van der Waals surface area (Å²) in [5, 5.41) is 2.90. The van der Waals surface area contributed by atoms with Gasteiger partial charge in [-0.05, 0) is 81.0 Å². The number of ether oxygens (including phenoxy) is 1. The number of aromatic nitrogens is 1. The number of barbiturate groups is 1. The number of rotatable bonds is 4. The van der Waals surface area contributed by atoms with Crippen molar-refractivity contribution >= 4 is 46.9 Å². The van der Waals surface area contributed by atoms with Gasteiger partial charge in [-0.25, -0.2) is 18.9 Å². The third-order valence-electron chi connectivity index (χ3n) is 6.68. The minimum absolute atomic E-state index is 0.0123. The Morgan fingerprint density at radius 1 is 1.14 bits per heavy atom. The number of anilines is 1. The molecule has 3 aromatic rings. The van der Waals surface area contributed by atoms with Crippen molar-refractivity contribution < 1.29 is 28.3 Å². The van der Waals surface area contributed by atoms with Crippen molar-refractivity contribution in [2.75, 3.05) is 12.0 Å². The molecule has 0 atom stereocenters. The average Bonchev–Trinajstić information content (AvgIpc) is 3.37. The van der Waals surface area contributed by atoms with Crippen LogP contribution >= 0.6 is 11.3 Å². The molecule has 3 heterocycles. The number of hydrogen-bond acceptors (Lipinski definition) is 6. The maximum absolute atomic E-state index is 13.8. The SMILES string of the molecule is COC(=O)c1c(-n2c(C)cc(/C=C3\C(=O)NC(=O)N(c4cccc(F)c4)C3=O)c2C)sc2c1CCCC2. The number of nitrogens with zero attached hydrogens (tertiary/aromatic N) is 2. The Balaban J connectivity index is 1.60. The number of carbonyl (C=O) groups is 4. The molecule has 8 nitrogen and oxygen atoms in total. The number of amides is 4. The number of imide groups is 2. The highest BCUT2D eigenvalue weighted by Gasteiger charge is 2.37. The molecule has 1 fully saturated rings. The van der Waals surface area contributed by atoms with Gasteiger partial charge in [0.05, 0.1) is 18.4 Å². The summed E-state index contributed by atoms with van der Waals surface area (Å²) in [4.78, 5) is 53.0. The van der Waals surface area contributed by atoms with Gasteiger partial charge in [0.15, 0.2) is 0 Å². The van der Waals surface area contributed by atoms with Crippen molar-refractivity contribution in [3.8, 4) is 5.00 Å². The van der Waals surface area contributed by atoms with Crippen LogP contribution in [0.15, 0.2) is 35.9 Å². The maximum Gasteiger partial charge on any atom is 0.341 e. The van der Waals surface area contributed by atoms with Crippen LogP contribution in [0.2, 0.25) is 0 Å². The smallest absolute Gasteiger partial charge is 0.341 e. The summed E-state index contributed by atoms with van der Waals surface area (Å²) in [6.07, 6.45) is 5.20. The summed E-state index contributed by atoms with van der Waals surface area (Å²) in [6, 6.07) is 5.88. The summed E-state index contributed by atoms with van der Waals surface area (Å²) in [6.45, 7) is 3.71. The zero-order valence-corrected chi connectivity index (χ0v) is 21.3. The monoisotopic (exact) mass is 521 g/mol. The Bertz CT molecular complexity index is 1520. The fourth-order valence-electron chi connectivity index (χ4n) is 4.93. The molecule has 1 N–H and O–H groups in total. The van der Waals surface area contributed by atoms with Gasteiger partial charge in [0.2, 0.25) is 0 Å². The predicted octanol–water partition coefficient (Wildman–Crippen LogP) is 4.63. The van der Waals surface area contributed by atoms with E-state index in [-0.39, 0.29) is 11.3 Å². The van der Waals surface area contributed by atoms with Gasteiger partial charge in [0.1, 0.15) is 16.4 Å². The summed E-state index contributed by atoms with van der Waals surface area (Å²) >= 11 is 1.55. The van der Waals surface area contributed by atoms with Gasteiger partial charge >= 0.3 is 12.0 Å². The number of thiophene rings is 1. The number of esters is 1. The minimum atomic E-state index is -0.949. The predicted molar refractivity (Wildman–Crippen MR) is 137 cm³/mol. The van der Waals surface area contributed by atoms with Crippen LogP contribution in [0, 0.1) is 19.7 Å². The quantitative estimate of drug-likeness (QED) is 0.307. The van der Waals surface area contributed by atoms with Crippen molar-refractivity contribution in [3.05, 3.63) is 74.7 Å². The number of nitrogens with one attached hydrogen (secondary N) is 1. The first-order valence-electron chi connectivity index (χ1n) is 11.8. The molecule has 2 aromatic heterocycles. The van der Waals surface area contributed by atoms with Crippen LogP contribution < -0.4 is 10.2 Å². The van der Waals surface area contributed by atoms with Crippen LogP contribution in [-0.2, 0) is 27.2 Å². The second-order valence-corrected chi connectivity index (χ2v) is 10.1. The number of hydrogen-bond donors (Lipinski definition) is 1. The van der Waals surface area contributed by atoms with Crippen molar-refractivity contribution in [2.24, 2.45) is 0 Å². The molecule has 5 rings (SSSR count). The third-order valence-corrected chi connectivity index (χ3v) is 7.96. The molecule has 0 bridgehead atoms. The summed E-state index contributed by atoms with van der Waals surface area (Å²) in [7, 11) is 1.36. The number of fused-ring (bicyclic) bond motifs is 1. The lowest BCUT2D eigenvalue weighted by Gasteiger charge is -2.26. The number of halogens is 1. The summed E-state index contributed by atoms with van der Waals surface area (Å²) in [5.41, 5.74) is 3.42. The first-order chi connectivity index (χ1) is 17.7. The van der Waals surface area contributed by atoms with Crippen molar-refractivity contribution in [1.82, 2.24) is 9.88 Å². The summed E-state index contributed by atoms with van der Waals surface area (Å²) in [5.74, 6) is -2.71. The lowest BCUT2D eigenvalue weighted by molar-refractivity contribution is -0.122. The number of methoxy groups -OCH3 is 1. The topological polar surface area (TPSA) is 97.7 Å². The minimum Gasteiger partial charge on any atom is -0.465 e. The molecule has 190 valence electrons. The highest BCUT2D eigenvalue weighted by molar-refractivity contribution is 7.15. The molecule has 37 heavy (non-hydrogen) atoms. The van der Waals surface area contributed by atoms with E-state index in [0.29, 0.717) is 16.8 Å². The molecule has 1 aromatic carbocycles. The molecular formula is C27H24FN3O5S. The fraction of sp³-hybridized carbons (Fsp3) is 0.259. The second kappa shape index (κ2) is 9.44. The summed E-state index contributed by atoms with van der Waals surface area (Å²) < 4.78 is 20.8. The van der Waals surface area contributed by atoms with E-state index in [9.17, 15) is 23.6 Å². The normalized spacial score (nSPS) is 16.7. The largest absolute Gasteiger partial charge is 0.465 e. The Hall–Kier alpha value is -4.05. The maximum atomic E-state index is 13.8. The Labute approximate surface area is 216 Å². The molecule has 1 aliphatic carbocycles. The van der Waals surface area contributed by atoms with Gasteiger partial charge in [-0.1, -0.05) is 6.07 Å². The van der Waals surface area contributed by atoms with Crippen LogP contribution in [0.5, 0.6) is 0 Å². The van der Waals surface area contributed by atoms with Crippen LogP contribution in [0.3, 0.4) is 0 Å². The van der Waals surface area contributed by atoms with E-state index in [0.717, 1.165) is 52.9 Å². The standard InChI is InChI=1S/C27H24FN3O5S/c1-14-11-16(12-20-23(32)29-27(35)31(24(20)33)18-8-6-7-17(28)13-18)15(2)30(14)25-22(26(34)36-3)19-9-4-5-10-21(19)37-25/h6-8,11-13H,4-5,9-10H2,1-3H3,(H,29,32,35)/b20-12+. The van der Waals surface area contributed by atoms with E-state index in [4.69, 9.17) is 4.74 Å². The van der Waals surface area contributed by atoms with Crippen LogP contribution in [0.1, 0.15) is 50.6 Å². The average molecular weight is 522 g/mol. The van der Waals surface area contributed by atoms with Crippen molar-refractivity contribution in [1.29, 1.82) is 0 Å². The number of aryl methyl sites for hydroxylation is 2. The van der Waals surface area contributed by atoms with Gasteiger partial charge in [-0.2, -0.15) is 0 Å². The Morgan fingerprint density at radius 3 is 2.62 bits per heavy atom. The molecule has 10 heteroatoms. The molecule has 2 aliphatic rings. The molecule has 0 saturated carbocycles. The van der Waals surface area contributed by atoms with Crippen molar-refractivity contribution in [3.63, 3.8) is 0 Å². The van der Waals surface area contributed by atoms with Crippen LogP contribution in [0.4, 0.5) is 14.9 Å². The first-order valence-corrected chi connectivity index (χ1v) is 12.6. The lowest BCUT2D eigenvalue weighted by Crippen LogP contribution is -2.54. The molecular weight excluding hydrogens is 497 g/mol. The van der Waals surface area contributed by atoms with Gasteiger partial charge in [0.25, 0.3) is 11.8 Å². The van der Waals surface area contributed by atoms with E-state index in [1.807, 2.05) is 24.5 Å². The van der Waals surface area contributed by atoms with Gasteiger partial charge in [-0.15, -0.1) is 11.3 Å². The molecule has 1 saturated heterocycles. The van der Waals surface area contributed by atoms with Gasteiger partial charge < -0.3 is 9.30 Å². The molecule has 0 radical (unpaired) electrons. The second-order valence-electron chi connectivity index (χ2n) is 8.98. The van der Waals surface area contributed by atoms with E-state index < -0.39 is 29.6 Å². The van der Waals surface area contributed by atoms with Crippen LogP contribution in [-0.4, -0.2) is 35.5 Å². The highest BCUT2D eigenvalue weighted by Crippen LogP contribution is 2.39. The lowest BCUT2D eigenvalue weighted by atomic mass is 9.95. The highest BCUT2D eigenvalue weighted by atomic mass is 32.1. The zero-order valence-electron chi connectivity index (χ0n) is 20.5. The third kappa shape index (κ3) is 4.17. The van der Waals surface area contributed by atoms with Crippen molar-refractivity contribution in [2.45, 2.75) is 39.5 Å². The van der Waals surface area contributed by atoms with E-state index in [1.165, 1.54) is 36.3 Å². The Morgan fingerprint density at radius 2 is 1.89 bits per heavy atom. The number of benzene rings is 1. The van der Waals surface area contributed by atoms with Gasteiger partial charge in [0, 0.05) is 16.3 Å². The van der Waals surface area contributed by atoms with Gasteiger partial charge in [-0.3, -0.25) is 14.9 Å². The number of urea groups is 1. The molecule has 0 spiro atoms. The van der Waals surface area contributed by atoms with E-state index >= 15 is 0 Å². The van der Waals surface area contributed by atoms with E-state index in [1.54, 1.807) is 11.3 Å². The first kappa shape index (κ1) is 24.6. The van der Waals surface area contributed by atoms with E-state index in [2.05, 4.69) is 5.32 Å². The Kier molecular flexibility index (Phi) is 6.28.